The fraction of sp³-hybridized carbons (Fsp3) is 0.349. The first-order valence-electron chi connectivity index (χ1n) is 27.9. The zero-order valence-electron chi connectivity index (χ0n) is 49.2. The summed E-state index contributed by atoms with van der Waals surface area (Å²) in [5.41, 5.74) is 18.6. The number of carbonyl (C=O) groups excluding carboxylic acids is 3. The molecule has 80 heavy (non-hydrogen) atoms. The topological polar surface area (TPSA) is 190 Å². The largest absolute Gasteiger partial charge is 0.456 e. The van der Waals surface area contributed by atoms with Crippen LogP contribution in [0.15, 0.2) is 123 Å². The van der Waals surface area contributed by atoms with Gasteiger partial charge in [0.2, 0.25) is 10.7 Å². The first kappa shape index (κ1) is 55.0. The Bertz CT molecular complexity index is 3760. The predicted molar refractivity (Wildman–Crippen MR) is 317 cm³/mol. The summed E-state index contributed by atoms with van der Waals surface area (Å²) < 4.78 is 50.5. The van der Waals surface area contributed by atoms with Gasteiger partial charge in [-0.25, -0.2) is 9.15 Å². The zero-order valence-corrected chi connectivity index (χ0v) is 47.2. The van der Waals surface area contributed by atoms with E-state index in [0.29, 0.717) is 70.6 Å². The molecule has 1 atom stereocenters. The van der Waals surface area contributed by atoms with Crippen molar-refractivity contribution in [2.75, 3.05) is 106 Å². The van der Waals surface area contributed by atoms with Gasteiger partial charge >= 0.3 is 0 Å². The molecule has 17 heteroatoms. The number of anilines is 2. The molecule has 0 aromatic heterocycles. The van der Waals surface area contributed by atoms with Gasteiger partial charge in [0, 0.05) is 142 Å². The molecule has 416 valence electrons. The van der Waals surface area contributed by atoms with Gasteiger partial charge in [-0.05, 0) is 128 Å². The van der Waals surface area contributed by atoms with E-state index >= 15 is 0 Å². The molecule has 0 bridgehead atoms. The Hall–Kier alpha value is -8.34. The summed E-state index contributed by atoms with van der Waals surface area (Å²) >= 11 is 0. The van der Waals surface area contributed by atoms with Crippen LogP contribution in [0.5, 0.6) is 0 Å². The van der Waals surface area contributed by atoms with Gasteiger partial charge in [0.1, 0.15) is 64.5 Å². The number of ether oxygens (including phenoxy) is 3. The Morgan fingerprint density at radius 2 is 1.20 bits per heavy atom. The van der Waals surface area contributed by atoms with Crippen molar-refractivity contribution in [3.63, 3.8) is 0 Å². The second kappa shape index (κ2) is 26.5. The van der Waals surface area contributed by atoms with Crippen LogP contribution < -0.4 is 40.3 Å². The third-order valence-electron chi connectivity index (χ3n) is 14.1. The fourth-order valence-electron chi connectivity index (χ4n) is 9.65. The molecule has 4 aromatic carbocycles. The number of azide groups is 1. The van der Waals surface area contributed by atoms with E-state index in [4.69, 9.17) is 31.3 Å². The third-order valence-corrected chi connectivity index (χ3v) is 14.1. The number of Topliss-reactive ketones (excluding diaryl/α,β-unsaturated/α-hetero) is 1. The highest BCUT2D eigenvalue weighted by Crippen LogP contribution is 2.44. The standard InChI is InChI=1S/C63H71N9O8/c1-40-16-18-42(32-52(40)60-48-24-20-44(69(3)4)34-56(48)79-57-35-45(70(5)6)21-25-49(57)60)62(74)65-28-12-11-14-54(55(73)15-13-30-76-38-78-39-77-31-29-66-68-64)67-63(75)43-19-17-41(2)53(33-43)61-50-26-22-46(71(7)8)36-58(50)80-59-37-47(72(9)10)23-27-51(59)61/h16-27,32-37,54H,11-15,28-31,38-39H2,1-10H3/p+2/i1D2. The van der Waals surface area contributed by atoms with Crippen LogP contribution in [0.25, 0.3) is 77.3 Å². The molecule has 2 aliphatic carbocycles. The van der Waals surface area contributed by atoms with Crippen molar-refractivity contribution >= 4 is 50.9 Å². The summed E-state index contributed by atoms with van der Waals surface area (Å²) in [6, 6.07) is 33.9. The molecular weight excluding hydrogens is 1010 g/mol. The smallest absolute Gasteiger partial charge is 0.251 e. The molecule has 1 unspecified atom stereocenters. The Morgan fingerprint density at radius 3 is 1.75 bits per heavy atom. The molecule has 2 amide bonds. The minimum atomic E-state index is -1.34. The Morgan fingerprint density at radius 1 is 0.650 bits per heavy atom. The predicted octanol–water partition coefficient (Wildman–Crippen LogP) is 9.86. The summed E-state index contributed by atoms with van der Waals surface area (Å²) in [5.74, 6) is 0.430. The van der Waals surface area contributed by atoms with Gasteiger partial charge in [-0.2, -0.15) is 0 Å². The van der Waals surface area contributed by atoms with Crippen LogP contribution in [-0.2, 0) is 19.0 Å². The number of fused-ring (bicyclic) bond motifs is 4. The lowest BCUT2D eigenvalue weighted by Crippen LogP contribution is -2.41. The number of aryl methyl sites for hydroxylation is 2. The Balaban J connectivity index is 1.01. The lowest BCUT2D eigenvalue weighted by atomic mass is 9.90. The molecule has 0 radical (unpaired) electrons. The molecule has 4 aliphatic rings. The van der Waals surface area contributed by atoms with Crippen molar-refractivity contribution in [3.8, 4) is 44.9 Å². The van der Waals surface area contributed by atoms with Crippen molar-refractivity contribution in [2.45, 2.75) is 51.9 Å². The van der Waals surface area contributed by atoms with Gasteiger partial charge in [-0.3, -0.25) is 14.4 Å². The quantitative estimate of drug-likeness (QED) is 0.0112. The van der Waals surface area contributed by atoms with Crippen LogP contribution >= 0.6 is 0 Å². The van der Waals surface area contributed by atoms with Crippen LogP contribution in [0.1, 0.15) is 66.7 Å². The maximum Gasteiger partial charge on any atom is 0.251 e. The van der Waals surface area contributed by atoms with Gasteiger partial charge in [0.05, 0.1) is 24.8 Å². The number of ketones is 1. The molecule has 0 saturated carbocycles. The number of nitrogens with zero attached hydrogens (tertiary/aromatic N) is 7. The van der Waals surface area contributed by atoms with Crippen LogP contribution in [-0.4, -0.2) is 120 Å². The van der Waals surface area contributed by atoms with Crippen molar-refractivity contribution in [1.29, 1.82) is 0 Å². The van der Waals surface area contributed by atoms with E-state index in [9.17, 15) is 14.4 Å². The molecule has 2 N–H and O–H groups in total. The molecule has 2 heterocycles. The lowest BCUT2D eigenvalue weighted by molar-refractivity contribution is -0.132. The van der Waals surface area contributed by atoms with Crippen molar-refractivity contribution in [3.05, 3.63) is 153 Å². The maximum atomic E-state index is 14.5. The van der Waals surface area contributed by atoms with Gasteiger partial charge < -0.3 is 43.5 Å². The van der Waals surface area contributed by atoms with E-state index in [0.717, 1.165) is 66.2 Å². The molecule has 4 aromatic rings. The second-order valence-electron chi connectivity index (χ2n) is 20.6. The van der Waals surface area contributed by atoms with Crippen molar-refractivity contribution in [2.24, 2.45) is 5.11 Å². The first-order chi connectivity index (χ1) is 39.4. The summed E-state index contributed by atoms with van der Waals surface area (Å²) in [4.78, 5) is 49.3. The highest BCUT2D eigenvalue weighted by atomic mass is 16.7. The summed E-state index contributed by atoms with van der Waals surface area (Å²) in [7, 11) is 15.8. The van der Waals surface area contributed by atoms with Crippen molar-refractivity contribution < 1.29 is 40.2 Å². The SMILES string of the molecule is [2H]C([2H])c1ccc(C(=O)NCCCCC(NC(=O)c2ccc(C)c(-c3c4ccc(=[N+](C)C)cc-4oc4cc(N(C)C)ccc34)c2)C(=O)CCCOCOCOCCN=[N+]=[N-])cc1-c1c2ccc(=[N+](C)C)cc-2oc2cc(N(C)C)ccc12. The first-order valence-corrected chi connectivity index (χ1v) is 26.8. The number of benzene rings is 6. The fourth-order valence-corrected chi connectivity index (χ4v) is 9.65. The van der Waals surface area contributed by atoms with E-state index < -0.39 is 18.8 Å². The Labute approximate surface area is 469 Å². The van der Waals surface area contributed by atoms with Gasteiger partial charge in [0.15, 0.2) is 5.78 Å². The number of carbonyl (C=O) groups is 3. The third kappa shape index (κ3) is 13.7. The normalized spacial score (nSPS) is 12.1. The highest BCUT2D eigenvalue weighted by Gasteiger charge is 2.25. The molecular formula is C63H73N9O8+2. The number of hydrogen-bond donors (Lipinski definition) is 2. The van der Waals surface area contributed by atoms with E-state index in [1.165, 1.54) is 0 Å². The summed E-state index contributed by atoms with van der Waals surface area (Å²) in [6.07, 6.45) is 1.81. The molecule has 0 fully saturated rings. The number of amides is 2. The second-order valence-corrected chi connectivity index (χ2v) is 20.6. The molecule has 0 spiro atoms. The van der Waals surface area contributed by atoms with Crippen molar-refractivity contribution in [1.82, 2.24) is 19.8 Å². The number of unbranched alkanes of at least 4 members (excludes halogenated alkanes) is 1. The van der Waals surface area contributed by atoms with Crippen LogP contribution in [0.2, 0.25) is 0 Å². The van der Waals surface area contributed by atoms with Crippen LogP contribution in [0.3, 0.4) is 0 Å². The Kier molecular flexibility index (Phi) is 18.2. The van der Waals surface area contributed by atoms with Crippen LogP contribution in [0.4, 0.5) is 11.4 Å². The lowest BCUT2D eigenvalue weighted by Gasteiger charge is -2.20. The zero-order chi connectivity index (χ0) is 58.6. The molecule has 2 aliphatic heterocycles. The summed E-state index contributed by atoms with van der Waals surface area (Å²) in [5, 5.41) is 13.1. The number of rotatable bonds is 24. The molecule has 0 saturated heterocycles. The monoisotopic (exact) mass is 1090 g/mol. The number of nitrogens with one attached hydrogen (secondary N) is 2. The maximum absolute atomic E-state index is 14.5. The highest BCUT2D eigenvalue weighted by molar-refractivity contribution is 6.07. The van der Waals surface area contributed by atoms with E-state index in [2.05, 4.69) is 32.8 Å². The molecule has 8 rings (SSSR count). The minimum absolute atomic E-state index is 0.0442. The van der Waals surface area contributed by atoms with E-state index in [1.54, 1.807) is 24.3 Å². The van der Waals surface area contributed by atoms with E-state index in [-0.39, 0.29) is 58.0 Å². The average molecular weight is 1090 g/mol. The van der Waals surface area contributed by atoms with Crippen LogP contribution in [0, 0.1) is 13.8 Å². The van der Waals surface area contributed by atoms with Gasteiger partial charge in [-0.15, -0.1) is 0 Å². The number of hydrogen-bond acceptors (Lipinski definition) is 11. The minimum Gasteiger partial charge on any atom is -0.456 e. The van der Waals surface area contributed by atoms with Gasteiger partial charge in [-0.1, -0.05) is 17.2 Å². The average Bonchev–Trinajstić information content (AvgIpc) is 1.96. The van der Waals surface area contributed by atoms with E-state index in [1.807, 2.05) is 155 Å². The summed E-state index contributed by atoms with van der Waals surface area (Å²) in [6.45, 7) is 1.47. The molecule has 17 nitrogen and oxygen atoms in total. The van der Waals surface area contributed by atoms with Gasteiger partial charge in [0.25, 0.3) is 11.8 Å².